The molecule has 2 aromatic heterocycles. The number of hydrogen-bond donors (Lipinski definition) is 1. The maximum absolute atomic E-state index is 6.33. The average molecular weight is 324 g/mol. The summed E-state index contributed by atoms with van der Waals surface area (Å²) in [5.74, 6) is 2.39. The van der Waals surface area contributed by atoms with Crippen LogP contribution in [0.15, 0.2) is 6.33 Å². The first kappa shape index (κ1) is 15.0. The first-order valence-corrected chi connectivity index (χ1v) is 8.94. The van der Waals surface area contributed by atoms with E-state index >= 15 is 0 Å². The predicted molar refractivity (Wildman–Crippen MR) is 91.6 cm³/mol. The fourth-order valence-corrected chi connectivity index (χ4v) is 4.47. The molecule has 0 atom stereocenters. The van der Waals surface area contributed by atoms with E-state index in [4.69, 9.17) is 11.6 Å². The van der Waals surface area contributed by atoms with Crippen molar-refractivity contribution in [3.63, 3.8) is 0 Å². The van der Waals surface area contributed by atoms with Gasteiger partial charge in [0.15, 0.2) is 0 Å². The summed E-state index contributed by atoms with van der Waals surface area (Å²) in [6.07, 6.45) is 6.36. The molecule has 114 valence electrons. The molecule has 0 aliphatic heterocycles. The molecule has 0 bridgehead atoms. The first-order chi connectivity index (χ1) is 10.0. The van der Waals surface area contributed by atoms with Crippen LogP contribution in [-0.4, -0.2) is 21.4 Å². The Morgan fingerprint density at radius 3 is 2.71 bits per heavy atom. The maximum atomic E-state index is 6.33. The highest BCUT2D eigenvalue weighted by Gasteiger charge is 2.34. The van der Waals surface area contributed by atoms with Crippen LogP contribution in [0.3, 0.4) is 0 Å². The van der Waals surface area contributed by atoms with E-state index in [0.29, 0.717) is 5.88 Å². The molecule has 1 saturated carbocycles. The number of rotatable bonds is 3. The van der Waals surface area contributed by atoms with E-state index < -0.39 is 0 Å². The van der Waals surface area contributed by atoms with Crippen LogP contribution in [0.1, 0.15) is 43.0 Å². The van der Waals surface area contributed by atoms with Crippen LogP contribution in [0.25, 0.3) is 10.2 Å². The third-order valence-corrected chi connectivity index (χ3v) is 6.46. The van der Waals surface area contributed by atoms with E-state index in [9.17, 15) is 0 Å². The van der Waals surface area contributed by atoms with Gasteiger partial charge in [-0.1, -0.05) is 6.92 Å². The van der Waals surface area contributed by atoms with Crippen LogP contribution < -0.4 is 5.32 Å². The van der Waals surface area contributed by atoms with Crippen LogP contribution >= 0.6 is 22.9 Å². The quantitative estimate of drug-likeness (QED) is 0.816. The van der Waals surface area contributed by atoms with Gasteiger partial charge in [-0.3, -0.25) is 0 Å². The van der Waals surface area contributed by atoms with Crippen molar-refractivity contribution in [3.05, 3.63) is 16.8 Å². The van der Waals surface area contributed by atoms with Gasteiger partial charge in [0.2, 0.25) is 0 Å². The lowest BCUT2D eigenvalue weighted by atomic mass is 9.78. The lowest BCUT2D eigenvalue weighted by Gasteiger charge is -2.39. The lowest BCUT2D eigenvalue weighted by Crippen LogP contribution is -2.43. The topological polar surface area (TPSA) is 37.8 Å². The average Bonchev–Trinajstić information content (AvgIpc) is 2.78. The minimum Gasteiger partial charge on any atom is -0.363 e. The summed E-state index contributed by atoms with van der Waals surface area (Å²) in [4.78, 5) is 11.3. The summed E-state index contributed by atoms with van der Waals surface area (Å²) in [6.45, 7) is 6.62. The first-order valence-electron chi connectivity index (χ1n) is 7.59. The number of anilines is 1. The highest BCUT2D eigenvalue weighted by molar-refractivity contribution is 7.18. The zero-order valence-electron chi connectivity index (χ0n) is 12.9. The van der Waals surface area contributed by atoms with Crippen molar-refractivity contribution in [2.75, 3.05) is 11.2 Å². The van der Waals surface area contributed by atoms with Crippen molar-refractivity contribution in [2.24, 2.45) is 5.92 Å². The fraction of sp³-hybridized carbons (Fsp3) is 0.625. The Morgan fingerprint density at radius 2 is 2.05 bits per heavy atom. The Labute approximate surface area is 135 Å². The van der Waals surface area contributed by atoms with Crippen molar-refractivity contribution in [1.29, 1.82) is 0 Å². The molecule has 21 heavy (non-hydrogen) atoms. The van der Waals surface area contributed by atoms with E-state index in [-0.39, 0.29) is 5.54 Å². The Hall–Kier alpha value is -0.870. The number of halogens is 1. The molecule has 1 aliphatic rings. The molecule has 5 heteroatoms. The highest BCUT2D eigenvalue weighted by atomic mass is 35.5. The van der Waals surface area contributed by atoms with Gasteiger partial charge >= 0.3 is 0 Å². The normalized spacial score (nSPS) is 26.2. The molecular formula is C16H22ClN3S. The Morgan fingerprint density at radius 1 is 1.33 bits per heavy atom. The predicted octanol–water partition coefficient (Wildman–Crippen LogP) is 4.91. The molecule has 0 unspecified atom stereocenters. The molecule has 0 aromatic carbocycles. The molecule has 1 aliphatic carbocycles. The third-order valence-electron chi connectivity index (χ3n) is 4.84. The Balaban J connectivity index is 1.97. The van der Waals surface area contributed by atoms with E-state index in [0.717, 1.165) is 29.4 Å². The van der Waals surface area contributed by atoms with Gasteiger partial charge in [0, 0.05) is 10.8 Å². The summed E-state index contributed by atoms with van der Waals surface area (Å²) >= 11 is 8.07. The van der Waals surface area contributed by atoms with Crippen molar-refractivity contribution in [2.45, 2.75) is 52.0 Å². The van der Waals surface area contributed by atoms with Gasteiger partial charge in [-0.25, -0.2) is 9.97 Å². The van der Waals surface area contributed by atoms with Crippen LogP contribution in [0.5, 0.6) is 0 Å². The zero-order chi connectivity index (χ0) is 15.0. The van der Waals surface area contributed by atoms with Crippen LogP contribution in [0, 0.1) is 19.8 Å². The summed E-state index contributed by atoms with van der Waals surface area (Å²) < 4.78 is 0. The fourth-order valence-electron chi connectivity index (χ4n) is 3.14. The number of aryl methyl sites for hydroxylation is 2. The van der Waals surface area contributed by atoms with Gasteiger partial charge in [0.25, 0.3) is 0 Å². The number of fused-ring (bicyclic) bond motifs is 1. The monoisotopic (exact) mass is 323 g/mol. The minimum atomic E-state index is -0.0162. The molecule has 0 saturated heterocycles. The second-order valence-electron chi connectivity index (χ2n) is 6.41. The molecule has 3 rings (SSSR count). The van der Waals surface area contributed by atoms with Crippen molar-refractivity contribution in [3.8, 4) is 0 Å². The minimum absolute atomic E-state index is 0.0162. The molecular weight excluding hydrogens is 302 g/mol. The molecule has 2 heterocycles. The standard InChI is InChI=1S/C16H22ClN3S/c1-10-4-6-16(8-17,7-5-10)20-14-13-11(2)12(3)21-15(13)19-9-18-14/h9-10H,4-8H2,1-3H3,(H,18,19,20). The summed E-state index contributed by atoms with van der Waals surface area (Å²) in [5.41, 5.74) is 1.27. The summed E-state index contributed by atoms with van der Waals surface area (Å²) in [5, 5.41) is 4.85. The molecule has 1 N–H and O–H groups in total. The van der Waals surface area contributed by atoms with Gasteiger partial charge in [0.05, 0.1) is 10.9 Å². The van der Waals surface area contributed by atoms with Gasteiger partial charge in [-0.15, -0.1) is 22.9 Å². The van der Waals surface area contributed by atoms with Gasteiger partial charge in [-0.05, 0) is 51.0 Å². The molecule has 1 fully saturated rings. The number of nitrogens with one attached hydrogen (secondary N) is 1. The lowest BCUT2D eigenvalue weighted by molar-refractivity contribution is 0.286. The Bertz CT molecular complexity index is 644. The molecule has 0 spiro atoms. The van der Waals surface area contributed by atoms with E-state index in [1.54, 1.807) is 17.7 Å². The van der Waals surface area contributed by atoms with Crippen LogP contribution in [-0.2, 0) is 0 Å². The highest BCUT2D eigenvalue weighted by Crippen LogP contribution is 2.38. The maximum Gasteiger partial charge on any atom is 0.138 e. The van der Waals surface area contributed by atoms with E-state index in [2.05, 4.69) is 36.1 Å². The van der Waals surface area contributed by atoms with Crippen molar-refractivity contribution in [1.82, 2.24) is 9.97 Å². The second-order valence-corrected chi connectivity index (χ2v) is 7.88. The Kier molecular flexibility index (Phi) is 4.10. The largest absolute Gasteiger partial charge is 0.363 e. The van der Waals surface area contributed by atoms with Gasteiger partial charge in [-0.2, -0.15) is 0 Å². The van der Waals surface area contributed by atoms with Crippen molar-refractivity contribution >= 4 is 39.0 Å². The van der Waals surface area contributed by atoms with Gasteiger partial charge < -0.3 is 5.32 Å². The zero-order valence-corrected chi connectivity index (χ0v) is 14.4. The molecule has 0 radical (unpaired) electrons. The van der Waals surface area contributed by atoms with Crippen LogP contribution in [0.2, 0.25) is 0 Å². The van der Waals surface area contributed by atoms with Gasteiger partial charge in [0.1, 0.15) is 17.0 Å². The number of nitrogens with zero attached hydrogens (tertiary/aromatic N) is 2. The number of thiophene rings is 1. The van der Waals surface area contributed by atoms with Crippen LogP contribution in [0.4, 0.5) is 5.82 Å². The third kappa shape index (κ3) is 2.76. The van der Waals surface area contributed by atoms with E-state index in [1.807, 2.05) is 0 Å². The smallest absolute Gasteiger partial charge is 0.138 e. The number of alkyl halides is 1. The van der Waals surface area contributed by atoms with Crippen molar-refractivity contribution < 1.29 is 0 Å². The summed E-state index contributed by atoms with van der Waals surface area (Å²) in [7, 11) is 0. The number of hydrogen-bond acceptors (Lipinski definition) is 4. The van der Waals surface area contributed by atoms with E-state index in [1.165, 1.54) is 28.7 Å². The molecule has 2 aromatic rings. The SMILES string of the molecule is Cc1sc2ncnc(NC3(CCl)CCC(C)CC3)c2c1C. The molecule has 3 nitrogen and oxygen atoms in total. The summed E-state index contributed by atoms with van der Waals surface area (Å²) in [6, 6.07) is 0. The second kappa shape index (κ2) is 5.73. The number of aromatic nitrogens is 2. The molecule has 0 amide bonds.